The van der Waals surface area contributed by atoms with Crippen molar-refractivity contribution in [1.82, 2.24) is 10.2 Å². The zero-order valence-electron chi connectivity index (χ0n) is 23.6. The van der Waals surface area contributed by atoms with E-state index in [1.165, 1.54) is 28.7 Å². The lowest BCUT2D eigenvalue weighted by Crippen LogP contribution is -2.47. The number of benzene rings is 4. The third-order valence-electron chi connectivity index (χ3n) is 6.40. The fourth-order valence-corrected chi connectivity index (χ4v) is 4.72. The molecular formula is C36H42N2O. The maximum atomic E-state index is 11.5. The van der Waals surface area contributed by atoms with E-state index in [0.717, 1.165) is 19.6 Å². The van der Waals surface area contributed by atoms with Crippen molar-refractivity contribution in [2.24, 2.45) is 0 Å². The Bertz CT molecular complexity index is 1140. The van der Waals surface area contributed by atoms with E-state index < -0.39 is 5.54 Å². The highest BCUT2D eigenvalue weighted by Gasteiger charge is 2.35. The van der Waals surface area contributed by atoms with Crippen LogP contribution in [-0.2, 0) is 16.9 Å². The summed E-state index contributed by atoms with van der Waals surface area (Å²) < 4.78 is 0. The van der Waals surface area contributed by atoms with Gasteiger partial charge in [0, 0.05) is 26.2 Å². The first-order chi connectivity index (χ1) is 19.1. The maximum absolute atomic E-state index is 11.5. The summed E-state index contributed by atoms with van der Waals surface area (Å²) in [5.41, 5.74) is 4.38. The molecule has 0 saturated heterocycles. The molecule has 0 spiro atoms. The third kappa shape index (κ3) is 8.88. The minimum Gasteiger partial charge on any atom is -0.299 e. The number of carbonyl (C=O) groups is 1. The lowest BCUT2D eigenvalue weighted by Gasteiger charge is -2.38. The molecule has 4 aromatic rings. The molecule has 0 aliphatic heterocycles. The quantitative estimate of drug-likeness (QED) is 0.155. The highest BCUT2D eigenvalue weighted by molar-refractivity contribution is 5.87. The standard InChI is InChI=1S/C33H34N2O.C3H8/c1-28(36)15-14-25-35(27-29-16-6-2-7-17-29)26-24-34-33(30-18-8-3-9-19-30,31-20-10-4-11-21-31)32-22-12-5-13-23-32;1-3-2/h2-23,34H,24-27H2,1H3;3H2,1-2H3/b15-14+;. The lowest BCUT2D eigenvalue weighted by atomic mass is 9.77. The molecule has 0 heterocycles. The number of nitrogens with one attached hydrogen (secondary N) is 1. The zero-order valence-corrected chi connectivity index (χ0v) is 23.6. The van der Waals surface area contributed by atoms with Gasteiger partial charge in [0.25, 0.3) is 0 Å². The van der Waals surface area contributed by atoms with Crippen LogP contribution < -0.4 is 5.32 Å². The second-order valence-corrected chi connectivity index (χ2v) is 9.72. The van der Waals surface area contributed by atoms with E-state index in [0.29, 0.717) is 6.54 Å². The van der Waals surface area contributed by atoms with Gasteiger partial charge < -0.3 is 0 Å². The Morgan fingerprint density at radius 2 is 1.13 bits per heavy atom. The minimum absolute atomic E-state index is 0.0732. The molecule has 4 rings (SSSR count). The number of hydrogen-bond donors (Lipinski definition) is 1. The summed E-state index contributed by atoms with van der Waals surface area (Å²) in [6.07, 6.45) is 4.87. The Morgan fingerprint density at radius 3 is 1.54 bits per heavy atom. The van der Waals surface area contributed by atoms with Crippen molar-refractivity contribution in [3.05, 3.63) is 156 Å². The largest absolute Gasteiger partial charge is 0.299 e. The summed E-state index contributed by atoms with van der Waals surface area (Å²) in [5.74, 6) is 0.0732. The predicted octanol–water partition coefficient (Wildman–Crippen LogP) is 7.63. The van der Waals surface area contributed by atoms with Crippen LogP contribution in [0.2, 0.25) is 0 Å². The van der Waals surface area contributed by atoms with Crippen molar-refractivity contribution in [2.45, 2.75) is 39.3 Å². The van der Waals surface area contributed by atoms with Gasteiger partial charge >= 0.3 is 0 Å². The first-order valence-corrected chi connectivity index (χ1v) is 13.9. The van der Waals surface area contributed by atoms with E-state index in [1.54, 1.807) is 13.0 Å². The highest BCUT2D eigenvalue weighted by atomic mass is 16.1. The average molecular weight is 519 g/mol. The van der Waals surface area contributed by atoms with Gasteiger partial charge in [-0.1, -0.05) is 148 Å². The van der Waals surface area contributed by atoms with Crippen molar-refractivity contribution in [3.63, 3.8) is 0 Å². The van der Waals surface area contributed by atoms with Crippen molar-refractivity contribution in [1.29, 1.82) is 0 Å². The Morgan fingerprint density at radius 1 is 0.718 bits per heavy atom. The van der Waals surface area contributed by atoms with Gasteiger partial charge in [0.05, 0.1) is 5.54 Å². The van der Waals surface area contributed by atoms with E-state index in [9.17, 15) is 4.79 Å². The molecular weight excluding hydrogens is 476 g/mol. The van der Waals surface area contributed by atoms with Crippen molar-refractivity contribution in [3.8, 4) is 0 Å². The molecule has 4 aromatic carbocycles. The molecule has 0 atom stereocenters. The first-order valence-electron chi connectivity index (χ1n) is 13.9. The summed E-state index contributed by atoms with van der Waals surface area (Å²) >= 11 is 0. The molecule has 0 aromatic heterocycles. The topological polar surface area (TPSA) is 32.3 Å². The summed E-state index contributed by atoms with van der Waals surface area (Å²) in [5, 5.41) is 3.96. The molecule has 0 bridgehead atoms. The Kier molecular flexibility index (Phi) is 12.4. The van der Waals surface area contributed by atoms with E-state index in [2.05, 4.69) is 139 Å². The molecule has 202 valence electrons. The molecule has 1 N–H and O–H groups in total. The van der Waals surface area contributed by atoms with Gasteiger partial charge in [-0.05, 0) is 35.3 Å². The van der Waals surface area contributed by atoms with Gasteiger partial charge in [0.15, 0.2) is 5.78 Å². The van der Waals surface area contributed by atoms with Gasteiger partial charge in [-0.2, -0.15) is 0 Å². The number of nitrogens with zero attached hydrogens (tertiary/aromatic N) is 1. The second-order valence-electron chi connectivity index (χ2n) is 9.72. The Hall–Kier alpha value is -3.79. The number of hydrogen-bond acceptors (Lipinski definition) is 3. The fourth-order valence-electron chi connectivity index (χ4n) is 4.72. The number of ketones is 1. The second kappa shape index (κ2) is 16.2. The average Bonchev–Trinajstić information content (AvgIpc) is 2.97. The smallest absolute Gasteiger partial charge is 0.152 e. The number of carbonyl (C=O) groups excluding carboxylic acids is 1. The van der Waals surface area contributed by atoms with Crippen molar-refractivity contribution < 1.29 is 4.79 Å². The van der Waals surface area contributed by atoms with Crippen LogP contribution in [0.4, 0.5) is 0 Å². The molecule has 0 unspecified atom stereocenters. The number of rotatable bonds is 12. The zero-order chi connectivity index (χ0) is 27.8. The molecule has 0 fully saturated rings. The number of allylic oxidation sites excluding steroid dienone is 1. The molecule has 0 saturated carbocycles. The van der Waals surface area contributed by atoms with Crippen LogP contribution in [0.15, 0.2) is 133 Å². The lowest BCUT2D eigenvalue weighted by molar-refractivity contribution is -0.112. The van der Waals surface area contributed by atoms with Crippen LogP contribution in [0.25, 0.3) is 0 Å². The van der Waals surface area contributed by atoms with Gasteiger partial charge in [0.2, 0.25) is 0 Å². The molecule has 3 heteroatoms. The maximum Gasteiger partial charge on any atom is 0.152 e. The van der Waals surface area contributed by atoms with Crippen LogP contribution in [0.5, 0.6) is 0 Å². The molecule has 0 amide bonds. The first kappa shape index (κ1) is 29.8. The predicted molar refractivity (Wildman–Crippen MR) is 165 cm³/mol. The van der Waals surface area contributed by atoms with E-state index >= 15 is 0 Å². The van der Waals surface area contributed by atoms with Gasteiger partial charge in [-0.25, -0.2) is 0 Å². The van der Waals surface area contributed by atoms with Gasteiger partial charge in [-0.15, -0.1) is 0 Å². The minimum atomic E-state index is -0.489. The van der Waals surface area contributed by atoms with E-state index in [-0.39, 0.29) is 5.78 Å². The fraction of sp³-hybridized carbons (Fsp3) is 0.250. The van der Waals surface area contributed by atoms with Gasteiger partial charge in [-0.3, -0.25) is 15.0 Å². The van der Waals surface area contributed by atoms with Crippen LogP contribution in [0, 0.1) is 0 Å². The summed E-state index contributed by atoms with van der Waals surface area (Å²) in [7, 11) is 0. The van der Waals surface area contributed by atoms with Crippen LogP contribution >= 0.6 is 0 Å². The molecule has 3 nitrogen and oxygen atoms in total. The normalized spacial score (nSPS) is 11.3. The third-order valence-corrected chi connectivity index (χ3v) is 6.40. The molecule has 0 radical (unpaired) electrons. The summed E-state index contributed by atoms with van der Waals surface area (Å²) in [4.78, 5) is 13.9. The molecule has 39 heavy (non-hydrogen) atoms. The summed E-state index contributed by atoms with van der Waals surface area (Å²) in [6, 6.07) is 42.5. The monoisotopic (exact) mass is 518 g/mol. The van der Waals surface area contributed by atoms with Crippen LogP contribution in [0.3, 0.4) is 0 Å². The van der Waals surface area contributed by atoms with Gasteiger partial charge in [0.1, 0.15) is 0 Å². The highest BCUT2D eigenvalue weighted by Crippen LogP contribution is 2.36. The Labute approximate surface area is 235 Å². The van der Waals surface area contributed by atoms with E-state index in [1.807, 2.05) is 12.1 Å². The van der Waals surface area contributed by atoms with Crippen LogP contribution in [-0.4, -0.2) is 30.3 Å². The summed E-state index contributed by atoms with van der Waals surface area (Å²) in [6.45, 7) is 8.96. The van der Waals surface area contributed by atoms with E-state index in [4.69, 9.17) is 0 Å². The molecule has 0 aliphatic rings. The Balaban J connectivity index is 0.00000134. The van der Waals surface area contributed by atoms with Crippen molar-refractivity contribution >= 4 is 5.78 Å². The van der Waals surface area contributed by atoms with Crippen molar-refractivity contribution in [2.75, 3.05) is 19.6 Å². The molecule has 0 aliphatic carbocycles. The van der Waals surface area contributed by atoms with Crippen LogP contribution in [0.1, 0.15) is 49.4 Å². The SMILES string of the molecule is CC(=O)/C=C/CN(CCNC(c1ccccc1)(c1ccccc1)c1ccccc1)Cc1ccccc1.CCC.